The number of piperazine rings is 1. The van der Waals surface area contributed by atoms with Gasteiger partial charge in [-0.25, -0.2) is 4.79 Å². The number of hydrogen-bond donors (Lipinski definition) is 2. The number of carboxylic acid groups (broad SMARTS) is 1. The van der Waals surface area contributed by atoms with Crippen molar-refractivity contribution in [3.63, 3.8) is 0 Å². The highest BCUT2D eigenvalue weighted by Crippen LogP contribution is 2.20. The van der Waals surface area contributed by atoms with Crippen LogP contribution in [0.1, 0.15) is 15.9 Å². The lowest BCUT2D eigenvalue weighted by atomic mass is 10.1. The van der Waals surface area contributed by atoms with Gasteiger partial charge in [0, 0.05) is 32.7 Å². The molecule has 2 aromatic rings. The fourth-order valence-corrected chi connectivity index (χ4v) is 3.25. The Bertz CT molecular complexity index is 802. The number of halogens is 1. The summed E-state index contributed by atoms with van der Waals surface area (Å²) in [5.74, 6) is -0.981. The van der Waals surface area contributed by atoms with Crippen LogP contribution in [-0.2, 0) is 11.3 Å². The standard InChI is InChI=1S/C20H22ClN3O3/c21-17-3-1-2-4-18(17)22-19(25)14-24-11-9-23(10-12-24)13-15-5-7-16(8-6-15)20(26)27/h1-8H,9-14H2,(H,22,25)(H,26,27). The van der Waals surface area contributed by atoms with Crippen LogP contribution in [-0.4, -0.2) is 59.5 Å². The van der Waals surface area contributed by atoms with Gasteiger partial charge in [-0.2, -0.15) is 0 Å². The summed E-state index contributed by atoms with van der Waals surface area (Å²) in [6, 6.07) is 14.2. The maximum absolute atomic E-state index is 12.2. The number of para-hydroxylation sites is 1. The zero-order valence-electron chi connectivity index (χ0n) is 14.9. The number of aromatic carboxylic acids is 1. The van der Waals surface area contributed by atoms with Crippen molar-refractivity contribution in [1.82, 2.24) is 9.80 Å². The molecule has 0 aromatic heterocycles. The van der Waals surface area contributed by atoms with E-state index in [-0.39, 0.29) is 5.91 Å². The number of nitrogens with zero attached hydrogens (tertiary/aromatic N) is 2. The Balaban J connectivity index is 1.44. The number of anilines is 1. The molecule has 0 aliphatic carbocycles. The minimum Gasteiger partial charge on any atom is -0.478 e. The molecule has 1 heterocycles. The quantitative estimate of drug-likeness (QED) is 0.797. The van der Waals surface area contributed by atoms with E-state index in [2.05, 4.69) is 15.1 Å². The number of carbonyl (C=O) groups is 2. The molecule has 0 spiro atoms. The topological polar surface area (TPSA) is 72.9 Å². The van der Waals surface area contributed by atoms with Gasteiger partial charge in [-0.1, -0.05) is 35.9 Å². The first-order valence-corrected chi connectivity index (χ1v) is 9.20. The second-order valence-electron chi connectivity index (χ2n) is 6.58. The number of hydrogen-bond acceptors (Lipinski definition) is 4. The summed E-state index contributed by atoms with van der Waals surface area (Å²) in [7, 11) is 0. The van der Waals surface area contributed by atoms with Crippen molar-refractivity contribution in [2.24, 2.45) is 0 Å². The molecular formula is C20H22ClN3O3. The minimum absolute atomic E-state index is 0.0687. The fraction of sp³-hybridized carbons (Fsp3) is 0.300. The summed E-state index contributed by atoms with van der Waals surface area (Å²) in [5, 5.41) is 12.3. The van der Waals surface area contributed by atoms with Crippen LogP contribution in [0.5, 0.6) is 0 Å². The van der Waals surface area contributed by atoms with Gasteiger partial charge in [-0.05, 0) is 29.8 Å². The normalized spacial score (nSPS) is 15.4. The second-order valence-corrected chi connectivity index (χ2v) is 6.99. The van der Waals surface area contributed by atoms with Crippen molar-refractivity contribution in [3.05, 3.63) is 64.7 Å². The molecule has 0 saturated carbocycles. The molecule has 1 fully saturated rings. The van der Waals surface area contributed by atoms with Crippen molar-refractivity contribution in [1.29, 1.82) is 0 Å². The van der Waals surface area contributed by atoms with Gasteiger partial charge in [0.2, 0.25) is 5.91 Å². The first-order valence-electron chi connectivity index (χ1n) is 8.82. The number of amides is 1. The van der Waals surface area contributed by atoms with E-state index in [0.29, 0.717) is 22.8 Å². The number of benzene rings is 2. The van der Waals surface area contributed by atoms with Crippen LogP contribution in [0.15, 0.2) is 48.5 Å². The van der Waals surface area contributed by atoms with Gasteiger partial charge in [0.15, 0.2) is 0 Å². The smallest absolute Gasteiger partial charge is 0.335 e. The maximum Gasteiger partial charge on any atom is 0.335 e. The molecule has 1 aliphatic heterocycles. The molecule has 0 radical (unpaired) electrons. The molecule has 0 atom stereocenters. The highest BCUT2D eigenvalue weighted by atomic mass is 35.5. The average Bonchev–Trinajstić information content (AvgIpc) is 2.66. The SMILES string of the molecule is O=C(CN1CCN(Cc2ccc(C(=O)O)cc2)CC1)Nc1ccccc1Cl. The molecular weight excluding hydrogens is 366 g/mol. The van der Waals surface area contributed by atoms with E-state index >= 15 is 0 Å². The lowest BCUT2D eigenvalue weighted by Crippen LogP contribution is -2.48. The first-order chi connectivity index (χ1) is 13.0. The summed E-state index contributed by atoms with van der Waals surface area (Å²) in [6.07, 6.45) is 0. The predicted octanol–water partition coefficient (Wildman–Crippen LogP) is 2.79. The third kappa shape index (κ3) is 5.53. The second kappa shape index (κ2) is 8.99. The van der Waals surface area contributed by atoms with Gasteiger partial charge in [0.25, 0.3) is 0 Å². The van der Waals surface area contributed by atoms with Crippen LogP contribution in [0, 0.1) is 0 Å². The van der Waals surface area contributed by atoms with E-state index in [1.165, 1.54) is 0 Å². The Labute approximate surface area is 163 Å². The monoisotopic (exact) mass is 387 g/mol. The Morgan fingerprint density at radius 3 is 2.22 bits per heavy atom. The van der Waals surface area contributed by atoms with E-state index in [9.17, 15) is 9.59 Å². The molecule has 1 saturated heterocycles. The molecule has 27 heavy (non-hydrogen) atoms. The maximum atomic E-state index is 12.2. The molecule has 2 aromatic carbocycles. The number of rotatable bonds is 6. The molecule has 1 amide bonds. The molecule has 7 heteroatoms. The fourth-order valence-electron chi connectivity index (χ4n) is 3.07. The van der Waals surface area contributed by atoms with Crippen molar-refractivity contribution in [2.45, 2.75) is 6.54 Å². The Morgan fingerprint density at radius 1 is 0.963 bits per heavy atom. The first kappa shape index (κ1) is 19.4. The zero-order valence-corrected chi connectivity index (χ0v) is 15.7. The van der Waals surface area contributed by atoms with Crippen LogP contribution in [0.4, 0.5) is 5.69 Å². The third-order valence-corrected chi connectivity index (χ3v) is 4.92. The Kier molecular flexibility index (Phi) is 6.45. The van der Waals surface area contributed by atoms with Gasteiger partial charge in [-0.3, -0.25) is 14.6 Å². The number of carboxylic acids is 1. The van der Waals surface area contributed by atoms with Crippen molar-refractivity contribution in [3.8, 4) is 0 Å². The predicted molar refractivity (Wildman–Crippen MR) is 105 cm³/mol. The summed E-state index contributed by atoms with van der Waals surface area (Å²) in [6.45, 7) is 4.46. The Hall–Kier alpha value is -2.41. The van der Waals surface area contributed by atoms with E-state index in [1.807, 2.05) is 24.3 Å². The summed E-state index contributed by atoms with van der Waals surface area (Å²) >= 11 is 6.07. The van der Waals surface area contributed by atoms with Crippen molar-refractivity contribution >= 4 is 29.2 Å². The number of carbonyl (C=O) groups excluding carboxylic acids is 1. The lowest BCUT2D eigenvalue weighted by Gasteiger charge is -2.34. The molecule has 2 N–H and O–H groups in total. The van der Waals surface area contributed by atoms with Crippen molar-refractivity contribution < 1.29 is 14.7 Å². The van der Waals surface area contributed by atoms with Crippen LogP contribution in [0.3, 0.4) is 0 Å². The highest BCUT2D eigenvalue weighted by molar-refractivity contribution is 6.33. The van der Waals surface area contributed by atoms with E-state index in [0.717, 1.165) is 38.3 Å². The molecule has 0 bridgehead atoms. The largest absolute Gasteiger partial charge is 0.478 e. The van der Waals surface area contributed by atoms with Gasteiger partial charge in [-0.15, -0.1) is 0 Å². The van der Waals surface area contributed by atoms with Crippen LogP contribution < -0.4 is 5.32 Å². The van der Waals surface area contributed by atoms with Crippen LogP contribution in [0.2, 0.25) is 5.02 Å². The molecule has 1 aliphatic rings. The molecule has 3 rings (SSSR count). The van der Waals surface area contributed by atoms with E-state index in [4.69, 9.17) is 16.7 Å². The van der Waals surface area contributed by atoms with E-state index in [1.54, 1.807) is 24.3 Å². The third-order valence-electron chi connectivity index (χ3n) is 4.59. The van der Waals surface area contributed by atoms with Crippen molar-refractivity contribution in [2.75, 3.05) is 38.0 Å². The van der Waals surface area contributed by atoms with Gasteiger partial charge in [0.05, 0.1) is 22.8 Å². The van der Waals surface area contributed by atoms with Gasteiger partial charge in [0.1, 0.15) is 0 Å². The Morgan fingerprint density at radius 2 is 1.59 bits per heavy atom. The lowest BCUT2D eigenvalue weighted by molar-refractivity contribution is -0.117. The minimum atomic E-state index is -0.912. The van der Waals surface area contributed by atoms with Gasteiger partial charge < -0.3 is 10.4 Å². The molecule has 142 valence electrons. The molecule has 0 unspecified atom stereocenters. The summed E-state index contributed by atoms with van der Waals surface area (Å²) in [4.78, 5) is 27.5. The van der Waals surface area contributed by atoms with Crippen LogP contribution in [0.25, 0.3) is 0 Å². The highest BCUT2D eigenvalue weighted by Gasteiger charge is 2.19. The number of nitrogens with one attached hydrogen (secondary N) is 1. The summed E-state index contributed by atoms with van der Waals surface area (Å²) in [5.41, 5.74) is 2.02. The van der Waals surface area contributed by atoms with Gasteiger partial charge >= 0.3 is 5.97 Å². The zero-order chi connectivity index (χ0) is 19.2. The molecule has 6 nitrogen and oxygen atoms in total. The van der Waals surface area contributed by atoms with E-state index < -0.39 is 5.97 Å². The van der Waals surface area contributed by atoms with Crippen LogP contribution >= 0.6 is 11.6 Å². The average molecular weight is 388 g/mol. The summed E-state index contributed by atoms with van der Waals surface area (Å²) < 4.78 is 0.